The molecule has 1 aromatic heterocycles. The highest BCUT2D eigenvalue weighted by molar-refractivity contribution is 14.1. The standard InChI is InChI=1S/C17H13IN4O/c18-12-7-5-11(6-8-12)15-9-16(22-17(19)20-10-23)13-3-1-2-4-14(13)21-15/h1-10H,(H3,19,20,21,22,23). The molecule has 3 aromatic rings. The number of fused-ring (bicyclic) bond motifs is 1. The van der Waals surface area contributed by atoms with Gasteiger partial charge in [-0.1, -0.05) is 30.3 Å². The summed E-state index contributed by atoms with van der Waals surface area (Å²) in [6.45, 7) is 0. The minimum atomic E-state index is 0.0462. The molecule has 0 radical (unpaired) electrons. The number of guanidine groups is 1. The van der Waals surface area contributed by atoms with E-state index in [1.54, 1.807) is 0 Å². The lowest BCUT2D eigenvalue weighted by molar-refractivity contribution is -0.108. The summed E-state index contributed by atoms with van der Waals surface area (Å²) in [6, 6.07) is 17.6. The minimum absolute atomic E-state index is 0.0462. The quantitative estimate of drug-likeness (QED) is 0.298. The zero-order chi connectivity index (χ0) is 16.2. The Hall–Kier alpha value is -2.48. The van der Waals surface area contributed by atoms with Crippen LogP contribution in [0.3, 0.4) is 0 Å². The number of nitrogens with two attached hydrogens (primary N) is 1. The van der Waals surface area contributed by atoms with Gasteiger partial charge in [0.2, 0.25) is 6.41 Å². The fraction of sp³-hybridized carbons (Fsp3) is 0. The Kier molecular flexibility index (Phi) is 4.52. The molecule has 0 aliphatic heterocycles. The lowest BCUT2D eigenvalue weighted by atomic mass is 10.1. The number of amides is 1. The van der Waals surface area contributed by atoms with Crippen molar-refractivity contribution in [3.8, 4) is 11.3 Å². The average Bonchev–Trinajstić information content (AvgIpc) is 2.55. The molecule has 0 aliphatic carbocycles. The van der Waals surface area contributed by atoms with Gasteiger partial charge in [0.1, 0.15) is 0 Å². The molecule has 0 saturated carbocycles. The normalized spacial score (nSPS) is 11.4. The molecule has 0 unspecified atom stereocenters. The molecule has 3 N–H and O–H groups in total. The number of hydrogen-bond acceptors (Lipinski definition) is 3. The molecule has 3 rings (SSSR count). The van der Waals surface area contributed by atoms with Crippen molar-refractivity contribution in [3.05, 3.63) is 58.2 Å². The Bertz CT molecular complexity index is 891. The number of carbonyl (C=O) groups excluding carboxylic acids is 1. The summed E-state index contributed by atoms with van der Waals surface area (Å²) >= 11 is 2.26. The fourth-order valence-corrected chi connectivity index (χ4v) is 2.60. The first-order valence-electron chi connectivity index (χ1n) is 6.87. The molecule has 1 amide bonds. The van der Waals surface area contributed by atoms with Crippen LogP contribution in [0.15, 0.2) is 59.6 Å². The highest BCUT2D eigenvalue weighted by Crippen LogP contribution is 2.30. The Morgan fingerprint density at radius 1 is 1.17 bits per heavy atom. The summed E-state index contributed by atoms with van der Waals surface area (Å²) in [5, 5.41) is 3.22. The first-order valence-corrected chi connectivity index (χ1v) is 7.95. The summed E-state index contributed by atoms with van der Waals surface area (Å²) in [7, 11) is 0. The van der Waals surface area contributed by atoms with Crippen LogP contribution in [0, 0.1) is 3.57 Å². The monoisotopic (exact) mass is 416 g/mol. The van der Waals surface area contributed by atoms with Crippen LogP contribution < -0.4 is 11.1 Å². The number of halogens is 1. The molecule has 0 saturated heterocycles. The van der Waals surface area contributed by atoms with Crippen molar-refractivity contribution in [1.29, 1.82) is 0 Å². The number of hydrogen-bond donors (Lipinski definition) is 2. The van der Waals surface area contributed by atoms with E-state index < -0.39 is 0 Å². The number of para-hydroxylation sites is 1. The second kappa shape index (κ2) is 6.74. The van der Waals surface area contributed by atoms with E-state index >= 15 is 0 Å². The molecule has 0 atom stereocenters. The van der Waals surface area contributed by atoms with Gasteiger partial charge in [-0.15, -0.1) is 0 Å². The first-order chi connectivity index (χ1) is 11.2. The summed E-state index contributed by atoms with van der Waals surface area (Å²) in [6.07, 6.45) is 0.502. The van der Waals surface area contributed by atoms with E-state index in [2.05, 4.69) is 37.9 Å². The van der Waals surface area contributed by atoms with Gasteiger partial charge in [-0.3, -0.25) is 10.1 Å². The summed E-state index contributed by atoms with van der Waals surface area (Å²) < 4.78 is 1.16. The van der Waals surface area contributed by atoms with Crippen molar-refractivity contribution in [3.63, 3.8) is 0 Å². The van der Waals surface area contributed by atoms with E-state index in [1.807, 2.05) is 54.6 Å². The van der Waals surface area contributed by atoms with Crippen molar-refractivity contribution in [1.82, 2.24) is 10.3 Å². The van der Waals surface area contributed by atoms with E-state index in [9.17, 15) is 4.79 Å². The van der Waals surface area contributed by atoms with Crippen LogP contribution in [0.5, 0.6) is 0 Å². The van der Waals surface area contributed by atoms with E-state index in [-0.39, 0.29) is 5.96 Å². The molecular formula is C17H13IN4O. The lowest BCUT2D eigenvalue weighted by Gasteiger charge is -2.08. The van der Waals surface area contributed by atoms with Crippen LogP contribution in [0.25, 0.3) is 22.2 Å². The van der Waals surface area contributed by atoms with Gasteiger partial charge in [0, 0.05) is 14.5 Å². The summed E-state index contributed by atoms with van der Waals surface area (Å²) in [5.41, 5.74) is 8.98. The molecule has 6 heteroatoms. The minimum Gasteiger partial charge on any atom is -0.369 e. The number of benzene rings is 2. The zero-order valence-electron chi connectivity index (χ0n) is 12.0. The number of aliphatic imine (C=N–C) groups is 1. The number of rotatable bonds is 3. The highest BCUT2D eigenvalue weighted by atomic mass is 127. The van der Waals surface area contributed by atoms with Crippen molar-refractivity contribution in [2.45, 2.75) is 0 Å². The fourth-order valence-electron chi connectivity index (χ4n) is 2.24. The molecule has 0 bridgehead atoms. The van der Waals surface area contributed by atoms with E-state index in [0.29, 0.717) is 12.1 Å². The van der Waals surface area contributed by atoms with Gasteiger partial charge in [-0.05, 0) is 46.9 Å². The van der Waals surface area contributed by atoms with Gasteiger partial charge in [0.05, 0.1) is 16.9 Å². The van der Waals surface area contributed by atoms with Crippen LogP contribution in [-0.2, 0) is 4.79 Å². The third-order valence-electron chi connectivity index (χ3n) is 3.28. The predicted octanol–water partition coefficient (Wildman–Crippen LogP) is 3.20. The number of pyridine rings is 1. The molecule has 0 fully saturated rings. The molecular weight excluding hydrogens is 403 g/mol. The number of nitrogens with zero attached hydrogens (tertiary/aromatic N) is 2. The van der Waals surface area contributed by atoms with E-state index in [0.717, 1.165) is 25.7 Å². The van der Waals surface area contributed by atoms with E-state index in [1.165, 1.54) is 0 Å². The van der Waals surface area contributed by atoms with Gasteiger partial charge in [-0.2, -0.15) is 0 Å². The maximum atomic E-state index is 10.5. The Morgan fingerprint density at radius 2 is 1.91 bits per heavy atom. The average molecular weight is 416 g/mol. The third kappa shape index (κ3) is 3.48. The number of carbonyl (C=O) groups is 1. The molecule has 1 heterocycles. The van der Waals surface area contributed by atoms with Gasteiger partial charge >= 0.3 is 0 Å². The largest absolute Gasteiger partial charge is 0.369 e. The van der Waals surface area contributed by atoms with Gasteiger partial charge in [0.15, 0.2) is 5.96 Å². The Morgan fingerprint density at radius 3 is 2.65 bits per heavy atom. The van der Waals surface area contributed by atoms with Gasteiger partial charge in [0.25, 0.3) is 0 Å². The Labute approximate surface area is 146 Å². The van der Waals surface area contributed by atoms with Crippen LogP contribution in [-0.4, -0.2) is 17.4 Å². The zero-order valence-corrected chi connectivity index (χ0v) is 14.2. The molecule has 114 valence electrons. The Balaban J connectivity index is 2.19. The summed E-state index contributed by atoms with van der Waals surface area (Å²) in [5.74, 6) is 0.0462. The predicted molar refractivity (Wildman–Crippen MR) is 100 cm³/mol. The van der Waals surface area contributed by atoms with Crippen molar-refractivity contribution in [2.24, 2.45) is 10.7 Å². The maximum Gasteiger partial charge on any atom is 0.213 e. The topological polar surface area (TPSA) is 80.4 Å². The van der Waals surface area contributed by atoms with Gasteiger partial charge < -0.3 is 5.73 Å². The van der Waals surface area contributed by atoms with Crippen molar-refractivity contribution >= 4 is 51.6 Å². The second-order valence-corrected chi connectivity index (χ2v) is 6.06. The van der Waals surface area contributed by atoms with Crippen LogP contribution >= 0.6 is 22.6 Å². The smallest absolute Gasteiger partial charge is 0.213 e. The van der Waals surface area contributed by atoms with Crippen molar-refractivity contribution < 1.29 is 4.79 Å². The molecule has 0 spiro atoms. The maximum absolute atomic E-state index is 10.5. The SMILES string of the molecule is NC(=Nc1cc(-c2ccc(I)cc2)nc2ccccc12)NC=O. The highest BCUT2D eigenvalue weighted by Gasteiger charge is 2.07. The third-order valence-corrected chi connectivity index (χ3v) is 4.00. The van der Waals surface area contributed by atoms with E-state index in [4.69, 9.17) is 5.73 Å². The number of aromatic nitrogens is 1. The van der Waals surface area contributed by atoms with Gasteiger partial charge in [-0.25, -0.2) is 9.98 Å². The molecule has 23 heavy (non-hydrogen) atoms. The van der Waals surface area contributed by atoms with Crippen LogP contribution in [0.1, 0.15) is 0 Å². The lowest BCUT2D eigenvalue weighted by Crippen LogP contribution is -2.29. The summed E-state index contributed by atoms with van der Waals surface area (Å²) in [4.78, 5) is 19.5. The second-order valence-electron chi connectivity index (χ2n) is 4.81. The molecule has 5 nitrogen and oxygen atoms in total. The van der Waals surface area contributed by atoms with Crippen LogP contribution in [0.4, 0.5) is 5.69 Å². The number of nitrogens with one attached hydrogen (secondary N) is 1. The molecule has 2 aromatic carbocycles. The van der Waals surface area contributed by atoms with Crippen molar-refractivity contribution in [2.75, 3.05) is 0 Å². The van der Waals surface area contributed by atoms with Crippen LogP contribution in [0.2, 0.25) is 0 Å². The first kappa shape index (κ1) is 15.4. The molecule has 0 aliphatic rings.